The molecule has 0 spiro atoms. The molecule has 0 saturated carbocycles. The van der Waals surface area contributed by atoms with E-state index in [9.17, 15) is 24.6 Å². The maximum absolute atomic E-state index is 13.3. The maximum atomic E-state index is 13.3. The summed E-state index contributed by atoms with van der Waals surface area (Å²) in [7, 11) is 0. The number of carboxylic acids is 1. The molecule has 4 rings (SSSR count). The number of fused-ring (bicyclic) bond motifs is 3. The van der Waals surface area contributed by atoms with E-state index in [1.54, 1.807) is 0 Å². The van der Waals surface area contributed by atoms with Gasteiger partial charge in [-0.05, 0) is 35.1 Å². The number of carbonyl (C=O) groups excluding carboxylic acids is 2. The third-order valence-corrected chi connectivity index (χ3v) is 6.67. The van der Waals surface area contributed by atoms with Crippen LogP contribution in [0, 0.1) is 5.41 Å². The second-order valence-electron chi connectivity index (χ2n) is 8.96. The highest BCUT2D eigenvalue weighted by atomic mass is 16.5. The zero-order valence-corrected chi connectivity index (χ0v) is 19.4. The third-order valence-electron chi connectivity index (χ3n) is 6.67. The van der Waals surface area contributed by atoms with E-state index in [0.29, 0.717) is 19.4 Å². The van der Waals surface area contributed by atoms with Gasteiger partial charge in [0.1, 0.15) is 13.2 Å². The fourth-order valence-electron chi connectivity index (χ4n) is 5.00. The lowest BCUT2D eigenvalue weighted by Crippen LogP contribution is -2.55. The summed E-state index contributed by atoms with van der Waals surface area (Å²) in [5.41, 5.74) is 3.34. The highest BCUT2D eigenvalue weighted by molar-refractivity contribution is 5.87. The molecule has 3 N–H and O–H groups in total. The molecule has 9 nitrogen and oxygen atoms in total. The van der Waals surface area contributed by atoms with Crippen molar-refractivity contribution in [3.8, 4) is 11.1 Å². The number of alkyl carbamates (subject to hydrolysis) is 1. The first-order valence-electron chi connectivity index (χ1n) is 11.7. The number of aliphatic hydroxyl groups excluding tert-OH is 1. The minimum Gasteiger partial charge on any atom is -0.480 e. The number of hydrogen-bond acceptors (Lipinski definition) is 6. The van der Waals surface area contributed by atoms with Crippen molar-refractivity contribution < 1.29 is 34.1 Å². The molecule has 1 aliphatic heterocycles. The molecule has 1 fully saturated rings. The number of aliphatic carboxylic acids is 1. The number of carboxylic acid groups (broad SMARTS) is 1. The molecule has 0 radical (unpaired) electrons. The van der Waals surface area contributed by atoms with Gasteiger partial charge >= 0.3 is 12.1 Å². The summed E-state index contributed by atoms with van der Waals surface area (Å²) in [5, 5.41) is 21.2. The zero-order chi connectivity index (χ0) is 24.8. The molecule has 9 heteroatoms. The molecule has 1 unspecified atom stereocenters. The number of nitrogens with zero attached hydrogens (tertiary/aromatic N) is 1. The van der Waals surface area contributed by atoms with E-state index in [-0.39, 0.29) is 38.8 Å². The van der Waals surface area contributed by atoms with Crippen molar-refractivity contribution in [1.29, 1.82) is 0 Å². The Labute approximate surface area is 203 Å². The first-order chi connectivity index (χ1) is 16.9. The Morgan fingerprint density at radius 3 is 2.31 bits per heavy atom. The van der Waals surface area contributed by atoms with Crippen molar-refractivity contribution in [3.63, 3.8) is 0 Å². The number of ether oxygens (including phenoxy) is 2. The Balaban J connectivity index is 1.42. The monoisotopic (exact) mass is 482 g/mol. The number of carbonyl (C=O) groups is 3. The average Bonchev–Trinajstić information content (AvgIpc) is 3.19. The Kier molecular flexibility index (Phi) is 7.67. The molecule has 1 heterocycles. The van der Waals surface area contributed by atoms with Gasteiger partial charge in [-0.2, -0.15) is 0 Å². The number of nitrogens with one attached hydrogen (secondary N) is 1. The Morgan fingerprint density at radius 1 is 1.09 bits per heavy atom. The van der Waals surface area contributed by atoms with E-state index in [2.05, 4.69) is 17.4 Å². The average molecular weight is 483 g/mol. The predicted octanol–water partition coefficient (Wildman–Crippen LogP) is 2.23. The molecule has 1 aliphatic carbocycles. The van der Waals surface area contributed by atoms with Gasteiger partial charge in [0, 0.05) is 25.6 Å². The molecule has 2 aromatic carbocycles. The smallest absolute Gasteiger partial charge is 0.407 e. The number of amides is 2. The summed E-state index contributed by atoms with van der Waals surface area (Å²) in [6.07, 6.45) is 0.367. The molecule has 35 heavy (non-hydrogen) atoms. The molecule has 2 aromatic rings. The number of rotatable bonds is 9. The van der Waals surface area contributed by atoms with Crippen LogP contribution in [0.1, 0.15) is 29.9 Å². The van der Waals surface area contributed by atoms with Crippen molar-refractivity contribution >= 4 is 18.0 Å². The van der Waals surface area contributed by atoms with E-state index < -0.39 is 29.9 Å². The number of aliphatic hydroxyl groups is 1. The zero-order valence-electron chi connectivity index (χ0n) is 19.4. The Bertz CT molecular complexity index is 1040. The van der Waals surface area contributed by atoms with Crippen LogP contribution in [0.5, 0.6) is 0 Å². The summed E-state index contributed by atoms with van der Waals surface area (Å²) in [6.45, 7) is -0.382. The molecular formula is C26H30N2O7. The van der Waals surface area contributed by atoms with Gasteiger partial charge in [-0.25, -0.2) is 4.79 Å². The largest absolute Gasteiger partial charge is 0.480 e. The standard InChI is InChI=1S/C26H30N2O7/c29-12-11-28(14-23(30)31)24(32)26(10-5-13-34-17-26)16-27-25(33)35-15-22-20-8-3-1-6-18(20)19-7-2-4-9-21(19)22/h1-4,6-9,22,29H,5,10-17H2,(H,27,33)(H,30,31). The molecule has 186 valence electrons. The van der Waals surface area contributed by atoms with Gasteiger partial charge in [0.2, 0.25) is 5.91 Å². The van der Waals surface area contributed by atoms with Crippen LogP contribution in [0.2, 0.25) is 0 Å². The highest BCUT2D eigenvalue weighted by Gasteiger charge is 2.44. The van der Waals surface area contributed by atoms with Crippen LogP contribution in [-0.4, -0.2) is 79.1 Å². The summed E-state index contributed by atoms with van der Waals surface area (Å²) in [4.78, 5) is 38.3. The van der Waals surface area contributed by atoms with Gasteiger partial charge in [0.15, 0.2) is 0 Å². The molecule has 1 atom stereocenters. The summed E-state index contributed by atoms with van der Waals surface area (Å²) in [5.74, 6) is -1.73. The van der Waals surface area contributed by atoms with Crippen LogP contribution in [0.25, 0.3) is 11.1 Å². The topological polar surface area (TPSA) is 125 Å². The van der Waals surface area contributed by atoms with Crippen LogP contribution < -0.4 is 5.32 Å². The van der Waals surface area contributed by atoms with Gasteiger partial charge in [0.25, 0.3) is 0 Å². The highest BCUT2D eigenvalue weighted by Crippen LogP contribution is 2.44. The van der Waals surface area contributed by atoms with E-state index >= 15 is 0 Å². The minimum atomic E-state index is -1.18. The van der Waals surface area contributed by atoms with Crippen LogP contribution in [-0.2, 0) is 19.1 Å². The van der Waals surface area contributed by atoms with Crippen LogP contribution in [0.3, 0.4) is 0 Å². The van der Waals surface area contributed by atoms with Gasteiger partial charge in [-0.3, -0.25) is 9.59 Å². The Hall–Kier alpha value is -3.43. The molecule has 2 amide bonds. The van der Waals surface area contributed by atoms with Crippen molar-refractivity contribution in [1.82, 2.24) is 10.2 Å². The fraction of sp³-hybridized carbons (Fsp3) is 0.423. The lowest BCUT2D eigenvalue weighted by molar-refractivity contribution is -0.155. The normalized spacial score (nSPS) is 18.9. The quantitative estimate of drug-likeness (QED) is 0.500. The van der Waals surface area contributed by atoms with Crippen LogP contribution in [0.4, 0.5) is 4.79 Å². The summed E-state index contributed by atoms with van der Waals surface area (Å²) in [6, 6.07) is 16.1. The van der Waals surface area contributed by atoms with E-state index in [1.807, 2.05) is 36.4 Å². The Morgan fingerprint density at radius 2 is 1.74 bits per heavy atom. The molecule has 0 bridgehead atoms. The number of hydrogen-bond donors (Lipinski definition) is 3. The van der Waals surface area contributed by atoms with Crippen molar-refractivity contribution in [2.75, 3.05) is 46.1 Å². The first-order valence-corrected chi connectivity index (χ1v) is 11.7. The van der Waals surface area contributed by atoms with Crippen LogP contribution >= 0.6 is 0 Å². The van der Waals surface area contributed by atoms with E-state index in [1.165, 1.54) is 0 Å². The predicted molar refractivity (Wildman–Crippen MR) is 127 cm³/mol. The van der Waals surface area contributed by atoms with Gasteiger partial charge in [-0.15, -0.1) is 0 Å². The second-order valence-corrected chi connectivity index (χ2v) is 8.96. The summed E-state index contributed by atoms with van der Waals surface area (Å²) >= 11 is 0. The van der Waals surface area contributed by atoms with Crippen LogP contribution in [0.15, 0.2) is 48.5 Å². The minimum absolute atomic E-state index is 0.0515. The van der Waals surface area contributed by atoms with Gasteiger partial charge in [-0.1, -0.05) is 48.5 Å². The molecule has 2 aliphatic rings. The molecule has 1 saturated heterocycles. The van der Waals surface area contributed by atoms with Crippen molar-refractivity contribution in [2.45, 2.75) is 18.8 Å². The van der Waals surface area contributed by atoms with Crippen molar-refractivity contribution in [2.24, 2.45) is 5.41 Å². The van der Waals surface area contributed by atoms with Crippen molar-refractivity contribution in [3.05, 3.63) is 59.7 Å². The molecular weight excluding hydrogens is 452 g/mol. The third kappa shape index (κ3) is 5.31. The van der Waals surface area contributed by atoms with E-state index in [4.69, 9.17) is 9.47 Å². The lowest BCUT2D eigenvalue weighted by Gasteiger charge is -2.39. The lowest BCUT2D eigenvalue weighted by atomic mass is 9.80. The second kappa shape index (κ2) is 10.9. The fourth-order valence-corrected chi connectivity index (χ4v) is 5.00. The molecule has 0 aromatic heterocycles. The summed E-state index contributed by atoms with van der Waals surface area (Å²) < 4.78 is 11.1. The van der Waals surface area contributed by atoms with Gasteiger partial charge in [0.05, 0.1) is 18.6 Å². The van der Waals surface area contributed by atoms with Gasteiger partial charge < -0.3 is 29.9 Å². The number of benzene rings is 2. The maximum Gasteiger partial charge on any atom is 0.407 e. The first kappa shape index (κ1) is 24.7. The van der Waals surface area contributed by atoms with E-state index in [0.717, 1.165) is 27.2 Å². The SMILES string of the molecule is O=C(O)CN(CCO)C(=O)C1(CNC(=O)OCC2c3ccccc3-c3ccccc32)CCCOC1.